The highest BCUT2D eigenvalue weighted by molar-refractivity contribution is 5.87. The molecule has 8 nitrogen and oxygen atoms in total. The predicted molar refractivity (Wildman–Crippen MR) is 99.9 cm³/mol. The number of rotatable bonds is 10. The van der Waals surface area contributed by atoms with Gasteiger partial charge in [0.05, 0.1) is 11.8 Å². The first-order chi connectivity index (χ1) is 13.2. The molecular formula is C20H32O8. The molecule has 0 aromatic carbocycles. The molecule has 0 spiro atoms. The maximum Gasteiger partial charge on any atom is 0.333 e. The average molecular weight is 400 g/mol. The molecule has 1 fully saturated rings. The summed E-state index contributed by atoms with van der Waals surface area (Å²) in [6.45, 7) is 12.7. The van der Waals surface area contributed by atoms with Crippen LogP contribution in [0, 0.1) is 11.8 Å². The van der Waals surface area contributed by atoms with E-state index >= 15 is 0 Å². The van der Waals surface area contributed by atoms with Crippen LogP contribution in [-0.4, -0.2) is 49.8 Å². The van der Waals surface area contributed by atoms with Gasteiger partial charge in [-0.2, -0.15) is 0 Å². The Morgan fingerprint density at radius 2 is 1.32 bits per heavy atom. The smallest absolute Gasteiger partial charge is 0.333 e. The second-order valence-electron chi connectivity index (χ2n) is 6.83. The minimum Gasteiger partial charge on any atom is -0.459 e. The molecule has 0 amide bonds. The second-order valence-corrected chi connectivity index (χ2v) is 6.83. The second kappa shape index (κ2) is 11.8. The summed E-state index contributed by atoms with van der Waals surface area (Å²) in [5.41, 5.74) is 0.249. The van der Waals surface area contributed by atoms with Gasteiger partial charge in [0.2, 0.25) is 0 Å². The SMILES string of the molecule is C=C(C)C(=O)OC1CC(C(=O)OC(C)OCC)CC(C(=O)OC(C)OCC)C1. The van der Waals surface area contributed by atoms with Crippen molar-refractivity contribution in [1.82, 2.24) is 0 Å². The molecule has 1 aliphatic rings. The number of hydrogen-bond donors (Lipinski definition) is 0. The summed E-state index contributed by atoms with van der Waals surface area (Å²) in [7, 11) is 0. The lowest BCUT2D eigenvalue weighted by atomic mass is 9.79. The zero-order valence-electron chi connectivity index (χ0n) is 17.4. The van der Waals surface area contributed by atoms with Gasteiger partial charge in [-0.3, -0.25) is 9.59 Å². The molecule has 1 aliphatic carbocycles. The van der Waals surface area contributed by atoms with Crippen LogP contribution in [-0.2, 0) is 38.1 Å². The van der Waals surface area contributed by atoms with E-state index in [1.807, 2.05) is 0 Å². The van der Waals surface area contributed by atoms with Crippen molar-refractivity contribution in [2.75, 3.05) is 13.2 Å². The molecule has 0 aromatic rings. The summed E-state index contributed by atoms with van der Waals surface area (Å²) in [6, 6.07) is 0. The van der Waals surface area contributed by atoms with Crippen molar-refractivity contribution < 1.29 is 38.1 Å². The van der Waals surface area contributed by atoms with E-state index in [-0.39, 0.29) is 24.8 Å². The number of carbonyl (C=O) groups is 3. The molecule has 1 rings (SSSR count). The van der Waals surface area contributed by atoms with Gasteiger partial charge in [0.25, 0.3) is 0 Å². The predicted octanol–water partition coefficient (Wildman–Crippen LogP) is 2.74. The van der Waals surface area contributed by atoms with Crippen molar-refractivity contribution in [2.24, 2.45) is 11.8 Å². The highest BCUT2D eigenvalue weighted by Crippen LogP contribution is 2.33. The first kappa shape index (κ1) is 24.1. The van der Waals surface area contributed by atoms with Gasteiger partial charge in [0.15, 0.2) is 12.6 Å². The first-order valence-electron chi connectivity index (χ1n) is 9.68. The van der Waals surface area contributed by atoms with Gasteiger partial charge < -0.3 is 23.7 Å². The fourth-order valence-electron chi connectivity index (χ4n) is 3.06. The quantitative estimate of drug-likeness (QED) is 0.239. The molecule has 0 aromatic heterocycles. The zero-order chi connectivity index (χ0) is 21.3. The highest BCUT2D eigenvalue weighted by atomic mass is 16.7. The van der Waals surface area contributed by atoms with E-state index in [0.717, 1.165) is 0 Å². The van der Waals surface area contributed by atoms with E-state index in [0.29, 0.717) is 13.2 Å². The lowest BCUT2D eigenvalue weighted by molar-refractivity contribution is -0.189. The summed E-state index contributed by atoms with van der Waals surface area (Å²) in [6.07, 6.45) is -1.23. The maximum atomic E-state index is 12.5. The van der Waals surface area contributed by atoms with Crippen LogP contribution in [0.25, 0.3) is 0 Å². The van der Waals surface area contributed by atoms with Gasteiger partial charge in [-0.25, -0.2) is 4.79 Å². The fourth-order valence-corrected chi connectivity index (χ4v) is 3.06. The average Bonchev–Trinajstić information content (AvgIpc) is 2.61. The van der Waals surface area contributed by atoms with E-state index < -0.39 is 48.4 Å². The van der Waals surface area contributed by atoms with Crippen LogP contribution in [0.5, 0.6) is 0 Å². The van der Waals surface area contributed by atoms with Crippen molar-refractivity contribution in [3.8, 4) is 0 Å². The molecule has 4 unspecified atom stereocenters. The van der Waals surface area contributed by atoms with E-state index in [2.05, 4.69) is 6.58 Å². The van der Waals surface area contributed by atoms with Crippen LogP contribution >= 0.6 is 0 Å². The molecule has 4 atom stereocenters. The molecule has 0 aliphatic heterocycles. The van der Waals surface area contributed by atoms with Gasteiger partial charge in [-0.15, -0.1) is 0 Å². The van der Waals surface area contributed by atoms with Crippen LogP contribution in [0.2, 0.25) is 0 Å². The highest BCUT2D eigenvalue weighted by Gasteiger charge is 2.40. The third-order valence-electron chi connectivity index (χ3n) is 4.32. The molecular weight excluding hydrogens is 368 g/mol. The summed E-state index contributed by atoms with van der Waals surface area (Å²) in [5, 5.41) is 0. The van der Waals surface area contributed by atoms with Crippen LogP contribution in [0.3, 0.4) is 0 Å². The Hall–Kier alpha value is -1.93. The summed E-state index contributed by atoms with van der Waals surface area (Å²) < 4.78 is 26.4. The van der Waals surface area contributed by atoms with Gasteiger partial charge in [-0.1, -0.05) is 6.58 Å². The molecule has 160 valence electrons. The fraction of sp³-hybridized carbons (Fsp3) is 0.750. The van der Waals surface area contributed by atoms with Crippen molar-refractivity contribution >= 4 is 17.9 Å². The van der Waals surface area contributed by atoms with Crippen LogP contribution in [0.4, 0.5) is 0 Å². The zero-order valence-corrected chi connectivity index (χ0v) is 17.4. The third kappa shape index (κ3) is 7.98. The lowest BCUT2D eigenvalue weighted by Gasteiger charge is -2.33. The number of carbonyl (C=O) groups excluding carboxylic acids is 3. The standard InChI is InChI=1S/C20H32O8/c1-7-24-13(5)26-19(22)15-9-16(20(23)27-14(6)25-8-2)11-17(10-15)28-18(21)12(3)4/h13-17H,3,7-11H2,1-2,4-6H3. The summed E-state index contributed by atoms with van der Waals surface area (Å²) in [5.74, 6) is -2.77. The van der Waals surface area contributed by atoms with Crippen molar-refractivity contribution in [1.29, 1.82) is 0 Å². The summed E-state index contributed by atoms with van der Waals surface area (Å²) >= 11 is 0. The molecule has 28 heavy (non-hydrogen) atoms. The van der Waals surface area contributed by atoms with E-state index in [9.17, 15) is 14.4 Å². The van der Waals surface area contributed by atoms with Crippen LogP contribution in [0.1, 0.15) is 53.9 Å². The molecule has 8 heteroatoms. The molecule has 0 radical (unpaired) electrons. The minimum absolute atomic E-state index is 0.247. The maximum absolute atomic E-state index is 12.5. The van der Waals surface area contributed by atoms with Crippen LogP contribution in [0.15, 0.2) is 12.2 Å². The Bertz CT molecular complexity index is 524. The van der Waals surface area contributed by atoms with E-state index in [1.54, 1.807) is 27.7 Å². The number of ether oxygens (including phenoxy) is 5. The topological polar surface area (TPSA) is 97.4 Å². The molecule has 0 N–H and O–H groups in total. The lowest BCUT2D eigenvalue weighted by Crippen LogP contribution is -2.39. The summed E-state index contributed by atoms with van der Waals surface area (Å²) in [4.78, 5) is 36.9. The third-order valence-corrected chi connectivity index (χ3v) is 4.32. The Labute approximate surface area is 166 Å². The first-order valence-corrected chi connectivity index (χ1v) is 9.68. The Morgan fingerprint density at radius 1 is 0.893 bits per heavy atom. The normalized spacial score (nSPS) is 24.0. The van der Waals surface area contributed by atoms with Crippen molar-refractivity contribution in [3.63, 3.8) is 0 Å². The Kier molecular flexibility index (Phi) is 10.2. The van der Waals surface area contributed by atoms with Crippen molar-refractivity contribution in [3.05, 3.63) is 12.2 Å². The molecule has 0 bridgehead atoms. The molecule has 1 saturated carbocycles. The minimum atomic E-state index is -0.695. The molecule has 0 saturated heterocycles. The van der Waals surface area contributed by atoms with Gasteiger partial charge in [-0.05, 0) is 53.9 Å². The monoisotopic (exact) mass is 400 g/mol. The van der Waals surface area contributed by atoms with E-state index in [4.69, 9.17) is 23.7 Å². The molecule has 0 heterocycles. The Morgan fingerprint density at radius 3 is 1.68 bits per heavy atom. The Balaban J connectivity index is 2.84. The largest absolute Gasteiger partial charge is 0.459 e. The van der Waals surface area contributed by atoms with Gasteiger partial charge >= 0.3 is 17.9 Å². The van der Waals surface area contributed by atoms with E-state index in [1.165, 1.54) is 6.92 Å². The van der Waals surface area contributed by atoms with Crippen molar-refractivity contribution in [2.45, 2.75) is 72.6 Å². The number of hydrogen-bond acceptors (Lipinski definition) is 8. The van der Waals surface area contributed by atoms with Crippen LogP contribution < -0.4 is 0 Å². The number of esters is 3. The van der Waals surface area contributed by atoms with Gasteiger partial charge in [0, 0.05) is 18.8 Å². The van der Waals surface area contributed by atoms with Gasteiger partial charge in [0.1, 0.15) is 6.10 Å².